The van der Waals surface area contributed by atoms with E-state index < -0.39 is 0 Å². The van der Waals surface area contributed by atoms with E-state index in [4.69, 9.17) is 13.9 Å². The van der Waals surface area contributed by atoms with Crippen molar-refractivity contribution >= 4 is 5.91 Å². The molecule has 0 aliphatic heterocycles. The summed E-state index contributed by atoms with van der Waals surface area (Å²) in [4.78, 5) is 13.9. The highest BCUT2D eigenvalue weighted by molar-refractivity contribution is 5.91. The predicted molar refractivity (Wildman–Crippen MR) is 96.0 cm³/mol. The number of methoxy groups -OCH3 is 2. The first-order valence-corrected chi connectivity index (χ1v) is 8.23. The van der Waals surface area contributed by atoms with Crippen LogP contribution in [0.5, 0.6) is 11.5 Å². The van der Waals surface area contributed by atoms with Crippen molar-refractivity contribution in [1.29, 1.82) is 0 Å². The van der Waals surface area contributed by atoms with E-state index in [1.54, 1.807) is 27.3 Å². The van der Waals surface area contributed by atoms with Crippen LogP contribution in [0.4, 0.5) is 0 Å². The molecule has 1 aromatic heterocycles. The van der Waals surface area contributed by atoms with Gasteiger partial charge in [-0.15, -0.1) is 0 Å². The molecule has 0 radical (unpaired) electrons. The number of nitrogens with zero attached hydrogens (tertiary/aromatic N) is 1. The molecule has 0 saturated heterocycles. The molecule has 2 rings (SSSR count). The molecule has 6 heteroatoms. The summed E-state index contributed by atoms with van der Waals surface area (Å²) in [5.41, 5.74) is 1.09. The minimum atomic E-state index is -0.222. The molecule has 2 aromatic rings. The van der Waals surface area contributed by atoms with Gasteiger partial charge in [0.05, 0.1) is 20.8 Å². The van der Waals surface area contributed by atoms with Gasteiger partial charge in [-0.25, -0.2) is 0 Å². The SMILES string of the molecule is CNC(=O)c1ccc(CN(Cc2cc(OC)cc(OC)c2)C(C)C)o1. The lowest BCUT2D eigenvalue weighted by Gasteiger charge is -2.26. The van der Waals surface area contributed by atoms with Gasteiger partial charge in [0.1, 0.15) is 17.3 Å². The number of rotatable bonds is 8. The van der Waals surface area contributed by atoms with Crippen LogP contribution in [0.25, 0.3) is 0 Å². The molecule has 0 unspecified atom stereocenters. The summed E-state index contributed by atoms with van der Waals surface area (Å²) in [5, 5.41) is 2.56. The lowest BCUT2D eigenvalue weighted by molar-refractivity contribution is 0.0930. The maximum absolute atomic E-state index is 11.6. The van der Waals surface area contributed by atoms with E-state index in [1.165, 1.54) is 0 Å². The Kier molecular flexibility index (Phi) is 6.47. The maximum Gasteiger partial charge on any atom is 0.286 e. The summed E-state index contributed by atoms with van der Waals surface area (Å²) >= 11 is 0. The minimum Gasteiger partial charge on any atom is -0.497 e. The van der Waals surface area contributed by atoms with Crippen molar-refractivity contribution in [3.63, 3.8) is 0 Å². The molecule has 0 aliphatic rings. The number of carbonyl (C=O) groups excluding carboxylic acids is 1. The summed E-state index contributed by atoms with van der Waals surface area (Å²) < 4.78 is 16.3. The molecule has 1 amide bonds. The topological polar surface area (TPSA) is 63.9 Å². The number of hydrogen-bond donors (Lipinski definition) is 1. The van der Waals surface area contributed by atoms with Gasteiger partial charge < -0.3 is 19.2 Å². The van der Waals surface area contributed by atoms with Gasteiger partial charge in [-0.2, -0.15) is 0 Å². The van der Waals surface area contributed by atoms with Gasteiger partial charge in [0.2, 0.25) is 0 Å². The average molecular weight is 346 g/mol. The highest BCUT2D eigenvalue weighted by Gasteiger charge is 2.16. The molecule has 0 fully saturated rings. The summed E-state index contributed by atoms with van der Waals surface area (Å²) in [5.74, 6) is 2.38. The second-order valence-electron chi connectivity index (χ2n) is 6.06. The Bertz CT molecular complexity index is 687. The summed E-state index contributed by atoms with van der Waals surface area (Å²) in [6, 6.07) is 9.68. The normalized spacial score (nSPS) is 11.0. The van der Waals surface area contributed by atoms with Crippen LogP contribution in [0.2, 0.25) is 0 Å². The van der Waals surface area contributed by atoms with Crippen LogP contribution in [0.3, 0.4) is 0 Å². The van der Waals surface area contributed by atoms with E-state index in [1.807, 2.05) is 24.3 Å². The zero-order chi connectivity index (χ0) is 18.4. The van der Waals surface area contributed by atoms with E-state index in [0.29, 0.717) is 24.9 Å². The number of amides is 1. The van der Waals surface area contributed by atoms with Crippen LogP contribution in [-0.4, -0.2) is 38.1 Å². The number of benzene rings is 1. The predicted octanol–water partition coefficient (Wildman–Crippen LogP) is 3.07. The fourth-order valence-electron chi connectivity index (χ4n) is 2.52. The fourth-order valence-corrected chi connectivity index (χ4v) is 2.52. The molecule has 0 saturated carbocycles. The minimum absolute atomic E-state index is 0.222. The van der Waals surface area contributed by atoms with E-state index in [9.17, 15) is 4.79 Å². The molecule has 0 atom stereocenters. The maximum atomic E-state index is 11.6. The Morgan fingerprint density at radius 2 is 1.76 bits per heavy atom. The molecule has 25 heavy (non-hydrogen) atoms. The molecule has 1 aromatic carbocycles. The largest absolute Gasteiger partial charge is 0.497 e. The quantitative estimate of drug-likeness (QED) is 0.796. The molecule has 6 nitrogen and oxygen atoms in total. The first-order chi connectivity index (χ1) is 12.0. The monoisotopic (exact) mass is 346 g/mol. The van der Waals surface area contributed by atoms with E-state index >= 15 is 0 Å². The number of furan rings is 1. The second kappa shape index (κ2) is 8.58. The van der Waals surface area contributed by atoms with Gasteiger partial charge in [-0.1, -0.05) is 0 Å². The molecule has 136 valence electrons. The molecule has 0 bridgehead atoms. The van der Waals surface area contributed by atoms with Gasteiger partial charge >= 0.3 is 0 Å². The van der Waals surface area contributed by atoms with E-state index in [2.05, 4.69) is 24.1 Å². The third-order valence-corrected chi connectivity index (χ3v) is 4.00. The average Bonchev–Trinajstić information content (AvgIpc) is 3.08. The summed E-state index contributed by atoms with van der Waals surface area (Å²) in [7, 11) is 4.87. The van der Waals surface area contributed by atoms with Gasteiger partial charge in [0.15, 0.2) is 5.76 Å². The molecule has 1 heterocycles. The zero-order valence-corrected chi connectivity index (χ0v) is 15.5. The Balaban J connectivity index is 2.16. The van der Waals surface area contributed by atoms with E-state index in [0.717, 1.165) is 22.8 Å². The number of nitrogens with one attached hydrogen (secondary N) is 1. The molecular formula is C19H26N2O4. The van der Waals surface area contributed by atoms with Gasteiger partial charge in [0.25, 0.3) is 5.91 Å². The van der Waals surface area contributed by atoms with Gasteiger partial charge in [0, 0.05) is 25.7 Å². The van der Waals surface area contributed by atoms with Crippen molar-refractivity contribution in [2.24, 2.45) is 0 Å². The van der Waals surface area contributed by atoms with Crippen LogP contribution in [0.1, 0.15) is 35.7 Å². The van der Waals surface area contributed by atoms with Crippen LogP contribution >= 0.6 is 0 Å². The second-order valence-corrected chi connectivity index (χ2v) is 6.06. The van der Waals surface area contributed by atoms with Crippen LogP contribution < -0.4 is 14.8 Å². The van der Waals surface area contributed by atoms with Crippen molar-refractivity contribution < 1.29 is 18.7 Å². The van der Waals surface area contributed by atoms with Crippen LogP contribution in [0.15, 0.2) is 34.7 Å². The lowest BCUT2D eigenvalue weighted by Crippen LogP contribution is -2.29. The number of carbonyl (C=O) groups is 1. The van der Waals surface area contributed by atoms with E-state index in [-0.39, 0.29) is 5.91 Å². The fraction of sp³-hybridized carbons (Fsp3) is 0.421. The summed E-state index contributed by atoms with van der Waals surface area (Å²) in [6.45, 7) is 5.56. The van der Waals surface area contributed by atoms with Crippen LogP contribution in [0, 0.1) is 0 Å². The van der Waals surface area contributed by atoms with Crippen LogP contribution in [-0.2, 0) is 13.1 Å². The van der Waals surface area contributed by atoms with Crippen molar-refractivity contribution in [2.75, 3.05) is 21.3 Å². The Morgan fingerprint density at radius 3 is 2.28 bits per heavy atom. The molecule has 1 N–H and O–H groups in total. The summed E-state index contributed by atoms with van der Waals surface area (Å²) in [6.07, 6.45) is 0. The third kappa shape index (κ3) is 5.00. The Morgan fingerprint density at radius 1 is 1.12 bits per heavy atom. The van der Waals surface area contributed by atoms with Gasteiger partial charge in [-0.3, -0.25) is 9.69 Å². The van der Waals surface area contributed by atoms with Crippen molar-refractivity contribution in [3.8, 4) is 11.5 Å². The van der Waals surface area contributed by atoms with Crippen molar-refractivity contribution in [1.82, 2.24) is 10.2 Å². The number of hydrogen-bond acceptors (Lipinski definition) is 5. The number of ether oxygens (including phenoxy) is 2. The molecule has 0 aliphatic carbocycles. The Labute approximate surface area is 148 Å². The third-order valence-electron chi connectivity index (χ3n) is 4.00. The molecular weight excluding hydrogens is 320 g/mol. The smallest absolute Gasteiger partial charge is 0.286 e. The highest BCUT2D eigenvalue weighted by Crippen LogP contribution is 2.24. The van der Waals surface area contributed by atoms with Crippen molar-refractivity contribution in [2.45, 2.75) is 33.0 Å². The van der Waals surface area contributed by atoms with Gasteiger partial charge in [-0.05, 0) is 43.7 Å². The first-order valence-electron chi connectivity index (χ1n) is 8.23. The first kappa shape index (κ1) is 18.9. The highest BCUT2D eigenvalue weighted by atomic mass is 16.5. The zero-order valence-electron chi connectivity index (χ0n) is 15.5. The Hall–Kier alpha value is -2.47. The molecule has 0 spiro atoms. The standard InChI is InChI=1S/C19H26N2O4/c1-13(2)21(12-15-6-7-18(25-15)19(22)20-3)11-14-8-16(23-4)10-17(9-14)24-5/h6-10,13H,11-12H2,1-5H3,(H,20,22). The van der Waals surface area contributed by atoms with Crippen molar-refractivity contribution in [3.05, 3.63) is 47.4 Å². The lowest BCUT2D eigenvalue weighted by atomic mass is 10.1.